The van der Waals surface area contributed by atoms with Crippen molar-refractivity contribution in [2.24, 2.45) is 0 Å². The lowest BCUT2D eigenvalue weighted by Gasteiger charge is -2.09. The zero-order chi connectivity index (χ0) is 17.4. The summed E-state index contributed by atoms with van der Waals surface area (Å²) in [6.45, 7) is 4.77. The van der Waals surface area contributed by atoms with Gasteiger partial charge in [0, 0.05) is 21.8 Å². The molecule has 126 valence electrons. The monoisotopic (exact) mass is 387 g/mol. The molecule has 0 atom stereocenters. The Hall–Kier alpha value is -2.07. The minimum Gasteiger partial charge on any atom is -0.493 e. The molecule has 0 unspecified atom stereocenters. The number of anilines is 1. The van der Waals surface area contributed by atoms with Gasteiger partial charge in [-0.1, -0.05) is 47.5 Å². The molecular formula is C20H22BrNO2. The summed E-state index contributed by atoms with van der Waals surface area (Å²) in [5, 5.41) is 2.89. The summed E-state index contributed by atoms with van der Waals surface area (Å²) in [5.74, 6) is 0.638. The first kappa shape index (κ1) is 18.3. The minimum absolute atomic E-state index is 0.163. The maximum atomic E-state index is 12.1. The second-order valence-electron chi connectivity index (χ2n) is 5.52. The molecule has 0 saturated heterocycles. The lowest BCUT2D eigenvalue weighted by Crippen LogP contribution is -2.08. The van der Waals surface area contributed by atoms with Crippen LogP contribution in [0.4, 0.5) is 5.69 Å². The summed E-state index contributed by atoms with van der Waals surface area (Å²) < 4.78 is 6.76. The zero-order valence-corrected chi connectivity index (χ0v) is 15.6. The van der Waals surface area contributed by atoms with Gasteiger partial charge in [0.15, 0.2) is 0 Å². The number of hydrogen-bond acceptors (Lipinski definition) is 2. The molecule has 0 radical (unpaired) electrons. The van der Waals surface area contributed by atoms with Crippen molar-refractivity contribution in [3.05, 3.63) is 64.1 Å². The van der Waals surface area contributed by atoms with Crippen molar-refractivity contribution in [1.29, 1.82) is 0 Å². The Labute approximate surface area is 151 Å². The summed E-state index contributed by atoms with van der Waals surface area (Å²) >= 11 is 3.42. The van der Waals surface area contributed by atoms with Crippen LogP contribution in [0.2, 0.25) is 0 Å². The normalized spacial score (nSPS) is 10.8. The van der Waals surface area contributed by atoms with Crippen LogP contribution in [-0.4, -0.2) is 12.5 Å². The lowest BCUT2D eigenvalue weighted by molar-refractivity contribution is -0.111. The van der Waals surface area contributed by atoms with Crippen LogP contribution in [-0.2, 0) is 4.79 Å². The first-order valence-electron chi connectivity index (χ1n) is 8.07. The molecule has 3 nitrogen and oxygen atoms in total. The lowest BCUT2D eigenvalue weighted by atomic mass is 10.1. The largest absolute Gasteiger partial charge is 0.493 e. The van der Waals surface area contributed by atoms with Crippen LogP contribution < -0.4 is 10.1 Å². The molecule has 24 heavy (non-hydrogen) atoms. The molecule has 2 aromatic carbocycles. The van der Waals surface area contributed by atoms with Crippen molar-refractivity contribution >= 4 is 33.6 Å². The van der Waals surface area contributed by atoms with Crippen LogP contribution in [0.3, 0.4) is 0 Å². The minimum atomic E-state index is -0.163. The number of carbonyl (C=O) groups is 1. The van der Waals surface area contributed by atoms with Gasteiger partial charge in [0.1, 0.15) is 5.75 Å². The number of hydrogen-bond donors (Lipinski definition) is 1. The number of carbonyl (C=O) groups excluding carboxylic acids is 1. The molecule has 0 aliphatic heterocycles. The SMILES string of the molecule is CCCCOc1ccccc1/C=C/C(=O)Nc1ccc(Br)cc1C. The molecule has 0 heterocycles. The molecule has 0 aliphatic carbocycles. The molecule has 2 aromatic rings. The number of unbranched alkanes of at least 4 members (excludes halogenated alkanes) is 1. The third kappa shape index (κ3) is 5.53. The van der Waals surface area contributed by atoms with Gasteiger partial charge in [-0.05, 0) is 49.2 Å². The van der Waals surface area contributed by atoms with Crippen molar-refractivity contribution in [3.63, 3.8) is 0 Å². The van der Waals surface area contributed by atoms with Gasteiger partial charge < -0.3 is 10.1 Å². The summed E-state index contributed by atoms with van der Waals surface area (Å²) in [4.78, 5) is 12.1. The maximum Gasteiger partial charge on any atom is 0.248 e. The van der Waals surface area contributed by atoms with Crippen LogP contribution in [0.5, 0.6) is 5.75 Å². The average molecular weight is 388 g/mol. The molecule has 4 heteroatoms. The molecule has 0 aromatic heterocycles. The number of ether oxygens (including phenoxy) is 1. The highest BCUT2D eigenvalue weighted by molar-refractivity contribution is 9.10. The molecule has 0 aliphatic rings. The van der Waals surface area contributed by atoms with Gasteiger partial charge in [0.25, 0.3) is 0 Å². The highest BCUT2D eigenvalue weighted by Crippen LogP contribution is 2.21. The van der Waals surface area contributed by atoms with Crippen LogP contribution >= 0.6 is 15.9 Å². The quantitative estimate of drug-likeness (QED) is 0.496. The molecule has 1 N–H and O–H groups in total. The second kappa shape index (κ2) is 9.28. The molecule has 0 bridgehead atoms. The van der Waals surface area contributed by atoms with Gasteiger partial charge in [-0.25, -0.2) is 0 Å². The van der Waals surface area contributed by atoms with Crippen LogP contribution in [0.25, 0.3) is 6.08 Å². The van der Waals surface area contributed by atoms with E-state index in [1.807, 2.05) is 49.4 Å². The van der Waals surface area contributed by atoms with Crippen molar-refractivity contribution in [1.82, 2.24) is 0 Å². The third-order valence-corrected chi connectivity index (χ3v) is 4.03. The predicted molar refractivity (Wildman–Crippen MR) is 103 cm³/mol. The standard InChI is InChI=1S/C20H22BrNO2/c1-3-4-13-24-19-8-6-5-7-16(19)9-12-20(23)22-18-11-10-17(21)14-15(18)2/h5-12,14H,3-4,13H2,1-2H3,(H,22,23)/b12-9+. The zero-order valence-electron chi connectivity index (χ0n) is 14.0. The van der Waals surface area contributed by atoms with Gasteiger partial charge in [0.2, 0.25) is 5.91 Å². The number of para-hydroxylation sites is 1. The molecule has 0 saturated carbocycles. The van der Waals surface area contributed by atoms with Gasteiger partial charge in [-0.15, -0.1) is 0 Å². The number of rotatable bonds is 7. The first-order chi connectivity index (χ1) is 11.6. The average Bonchev–Trinajstić information content (AvgIpc) is 2.57. The summed E-state index contributed by atoms with van der Waals surface area (Å²) in [6, 6.07) is 13.5. The smallest absolute Gasteiger partial charge is 0.248 e. The highest BCUT2D eigenvalue weighted by Gasteiger charge is 2.04. The second-order valence-corrected chi connectivity index (χ2v) is 6.44. The van der Waals surface area contributed by atoms with Crippen LogP contribution in [0.15, 0.2) is 53.0 Å². The fourth-order valence-corrected chi connectivity index (χ4v) is 2.66. The Morgan fingerprint density at radius 3 is 2.79 bits per heavy atom. The van der Waals surface area contributed by atoms with E-state index in [0.29, 0.717) is 6.61 Å². The van der Waals surface area contributed by atoms with Crippen molar-refractivity contribution in [2.45, 2.75) is 26.7 Å². The number of aryl methyl sites for hydroxylation is 1. The van der Waals surface area contributed by atoms with Gasteiger partial charge in [0.05, 0.1) is 6.61 Å². The van der Waals surface area contributed by atoms with E-state index in [1.165, 1.54) is 6.08 Å². The van der Waals surface area contributed by atoms with Crippen LogP contribution in [0, 0.1) is 6.92 Å². The van der Waals surface area contributed by atoms with Gasteiger partial charge >= 0.3 is 0 Å². The number of benzene rings is 2. The molecule has 0 fully saturated rings. The maximum absolute atomic E-state index is 12.1. The van der Waals surface area contributed by atoms with Crippen molar-refractivity contribution < 1.29 is 9.53 Å². The van der Waals surface area contributed by atoms with E-state index >= 15 is 0 Å². The number of halogens is 1. The molecule has 2 rings (SSSR count). The molecule has 0 spiro atoms. The van der Waals surface area contributed by atoms with E-state index in [2.05, 4.69) is 28.2 Å². The topological polar surface area (TPSA) is 38.3 Å². The Morgan fingerprint density at radius 1 is 1.25 bits per heavy atom. The highest BCUT2D eigenvalue weighted by atomic mass is 79.9. The molecular weight excluding hydrogens is 366 g/mol. The fourth-order valence-electron chi connectivity index (χ4n) is 2.18. The Kier molecular flexibility index (Phi) is 7.07. The van der Waals surface area contributed by atoms with E-state index in [9.17, 15) is 4.79 Å². The fraction of sp³-hybridized carbons (Fsp3) is 0.250. The number of amides is 1. The number of nitrogens with one attached hydrogen (secondary N) is 1. The van der Waals surface area contributed by atoms with E-state index < -0.39 is 0 Å². The van der Waals surface area contributed by atoms with Gasteiger partial charge in [-0.2, -0.15) is 0 Å². The summed E-state index contributed by atoms with van der Waals surface area (Å²) in [6.07, 6.45) is 5.42. The summed E-state index contributed by atoms with van der Waals surface area (Å²) in [5.41, 5.74) is 2.71. The van der Waals surface area contributed by atoms with Crippen molar-refractivity contribution in [2.75, 3.05) is 11.9 Å². The first-order valence-corrected chi connectivity index (χ1v) is 8.86. The predicted octanol–water partition coefficient (Wildman–Crippen LogP) is 5.59. The van der Waals surface area contributed by atoms with E-state index in [-0.39, 0.29) is 5.91 Å². The van der Waals surface area contributed by atoms with Gasteiger partial charge in [-0.3, -0.25) is 4.79 Å². The van der Waals surface area contributed by atoms with Crippen molar-refractivity contribution in [3.8, 4) is 5.75 Å². The van der Waals surface area contributed by atoms with E-state index in [1.54, 1.807) is 6.08 Å². The van der Waals surface area contributed by atoms with E-state index in [0.717, 1.165) is 39.9 Å². The third-order valence-electron chi connectivity index (χ3n) is 3.54. The van der Waals surface area contributed by atoms with E-state index in [4.69, 9.17) is 4.74 Å². The van der Waals surface area contributed by atoms with Crippen LogP contribution in [0.1, 0.15) is 30.9 Å². The Morgan fingerprint density at radius 2 is 2.04 bits per heavy atom. The summed E-state index contributed by atoms with van der Waals surface area (Å²) in [7, 11) is 0. The Balaban J connectivity index is 2.03. The molecule has 1 amide bonds. The Bertz CT molecular complexity index is 725.